The van der Waals surface area contributed by atoms with Crippen molar-refractivity contribution in [3.05, 3.63) is 28.8 Å². The van der Waals surface area contributed by atoms with Gasteiger partial charge in [-0.05, 0) is 44.7 Å². The first-order valence-electron chi connectivity index (χ1n) is 6.58. The van der Waals surface area contributed by atoms with Gasteiger partial charge in [0.15, 0.2) is 6.61 Å². The SMILES string of the molecule is Cc1cc(C)c(OCC(=O)NC2(CO)CC2)c(C)c1. The van der Waals surface area contributed by atoms with Crippen LogP contribution in [0.4, 0.5) is 0 Å². The molecule has 4 nitrogen and oxygen atoms in total. The molecule has 2 rings (SSSR count). The molecule has 0 atom stereocenters. The summed E-state index contributed by atoms with van der Waals surface area (Å²) in [6.45, 7) is 5.98. The van der Waals surface area contributed by atoms with Gasteiger partial charge in [0.25, 0.3) is 5.91 Å². The third kappa shape index (κ3) is 3.26. The molecule has 0 bridgehead atoms. The van der Waals surface area contributed by atoms with Gasteiger partial charge in [0.05, 0.1) is 12.1 Å². The maximum atomic E-state index is 11.8. The Hall–Kier alpha value is -1.55. The highest BCUT2D eigenvalue weighted by atomic mass is 16.5. The van der Waals surface area contributed by atoms with Crippen molar-refractivity contribution in [2.24, 2.45) is 0 Å². The average molecular weight is 263 g/mol. The van der Waals surface area contributed by atoms with E-state index in [9.17, 15) is 4.79 Å². The number of aryl methyl sites for hydroxylation is 3. The van der Waals surface area contributed by atoms with Gasteiger partial charge in [-0.25, -0.2) is 0 Å². The van der Waals surface area contributed by atoms with E-state index in [1.807, 2.05) is 32.9 Å². The first-order chi connectivity index (χ1) is 8.96. The van der Waals surface area contributed by atoms with Crippen LogP contribution in [0.3, 0.4) is 0 Å². The van der Waals surface area contributed by atoms with E-state index in [0.717, 1.165) is 29.7 Å². The first-order valence-corrected chi connectivity index (χ1v) is 6.58. The predicted molar refractivity (Wildman–Crippen MR) is 73.3 cm³/mol. The smallest absolute Gasteiger partial charge is 0.258 e. The second-order valence-corrected chi connectivity index (χ2v) is 5.50. The number of nitrogens with one attached hydrogen (secondary N) is 1. The molecular weight excluding hydrogens is 242 g/mol. The molecule has 0 spiro atoms. The average Bonchev–Trinajstić information content (AvgIpc) is 3.08. The van der Waals surface area contributed by atoms with Crippen molar-refractivity contribution in [3.63, 3.8) is 0 Å². The van der Waals surface area contributed by atoms with E-state index in [4.69, 9.17) is 9.84 Å². The number of hydrogen-bond acceptors (Lipinski definition) is 3. The lowest BCUT2D eigenvalue weighted by Gasteiger charge is -2.16. The second kappa shape index (κ2) is 5.21. The number of carbonyl (C=O) groups excluding carboxylic acids is 1. The highest BCUT2D eigenvalue weighted by Crippen LogP contribution is 2.34. The molecule has 0 heterocycles. The van der Waals surface area contributed by atoms with Crippen LogP contribution in [0.1, 0.15) is 29.5 Å². The van der Waals surface area contributed by atoms with Crippen LogP contribution in [0.5, 0.6) is 5.75 Å². The number of rotatable bonds is 5. The van der Waals surface area contributed by atoms with Crippen LogP contribution in [0.15, 0.2) is 12.1 Å². The summed E-state index contributed by atoms with van der Waals surface area (Å²) in [6, 6.07) is 4.08. The zero-order chi connectivity index (χ0) is 14.0. The van der Waals surface area contributed by atoms with Crippen LogP contribution in [0.2, 0.25) is 0 Å². The van der Waals surface area contributed by atoms with Crippen LogP contribution in [-0.2, 0) is 4.79 Å². The number of benzene rings is 1. The third-order valence-electron chi connectivity index (χ3n) is 3.51. The molecule has 0 unspecified atom stereocenters. The molecular formula is C15H21NO3. The molecule has 1 aromatic rings. The van der Waals surface area contributed by atoms with Crippen LogP contribution < -0.4 is 10.1 Å². The molecule has 1 aliphatic carbocycles. The minimum Gasteiger partial charge on any atom is -0.483 e. The third-order valence-corrected chi connectivity index (χ3v) is 3.51. The number of amides is 1. The van der Waals surface area contributed by atoms with Gasteiger partial charge in [0.1, 0.15) is 5.75 Å². The Morgan fingerprint density at radius 2 is 1.89 bits per heavy atom. The van der Waals surface area contributed by atoms with Gasteiger partial charge in [0.2, 0.25) is 0 Å². The van der Waals surface area contributed by atoms with Gasteiger partial charge in [-0.2, -0.15) is 0 Å². The Morgan fingerprint density at radius 1 is 1.32 bits per heavy atom. The summed E-state index contributed by atoms with van der Waals surface area (Å²) in [5.41, 5.74) is 2.88. The van der Waals surface area contributed by atoms with Crippen LogP contribution in [0.25, 0.3) is 0 Å². The molecule has 104 valence electrons. The Morgan fingerprint density at radius 3 is 2.37 bits per heavy atom. The fourth-order valence-corrected chi connectivity index (χ4v) is 2.34. The van der Waals surface area contributed by atoms with Gasteiger partial charge in [-0.1, -0.05) is 17.7 Å². The molecule has 0 aromatic heterocycles. The van der Waals surface area contributed by atoms with Crippen LogP contribution in [-0.4, -0.2) is 29.8 Å². The molecule has 2 N–H and O–H groups in total. The molecule has 1 amide bonds. The zero-order valence-corrected chi connectivity index (χ0v) is 11.7. The Bertz CT molecular complexity index is 469. The van der Waals surface area contributed by atoms with Crippen molar-refractivity contribution in [1.29, 1.82) is 0 Å². The van der Waals surface area contributed by atoms with Gasteiger partial charge < -0.3 is 15.2 Å². The fourth-order valence-electron chi connectivity index (χ4n) is 2.34. The van der Waals surface area contributed by atoms with E-state index < -0.39 is 0 Å². The second-order valence-electron chi connectivity index (χ2n) is 5.50. The summed E-state index contributed by atoms with van der Waals surface area (Å²) in [4.78, 5) is 11.8. The number of carbonyl (C=O) groups is 1. The standard InChI is InChI=1S/C15H21NO3/c1-10-6-11(2)14(12(3)7-10)19-8-13(18)16-15(9-17)4-5-15/h6-7,17H,4-5,8-9H2,1-3H3,(H,16,18). The summed E-state index contributed by atoms with van der Waals surface area (Å²) < 4.78 is 5.61. The predicted octanol–water partition coefficient (Wildman–Crippen LogP) is 1.63. The summed E-state index contributed by atoms with van der Waals surface area (Å²) >= 11 is 0. The monoisotopic (exact) mass is 263 g/mol. The Balaban J connectivity index is 1.94. The summed E-state index contributed by atoms with van der Waals surface area (Å²) in [5, 5.41) is 12.0. The van der Waals surface area contributed by atoms with E-state index in [0.29, 0.717) is 0 Å². The molecule has 1 fully saturated rings. The number of aliphatic hydroxyl groups is 1. The lowest BCUT2D eigenvalue weighted by molar-refractivity contribution is -0.124. The molecule has 1 aromatic carbocycles. The van der Waals surface area contributed by atoms with Gasteiger partial charge in [-0.15, -0.1) is 0 Å². The van der Waals surface area contributed by atoms with Crippen molar-refractivity contribution >= 4 is 5.91 Å². The number of hydrogen-bond donors (Lipinski definition) is 2. The molecule has 1 saturated carbocycles. The fraction of sp³-hybridized carbons (Fsp3) is 0.533. The first kappa shape index (κ1) is 13.9. The topological polar surface area (TPSA) is 58.6 Å². The normalized spacial score (nSPS) is 16.0. The summed E-state index contributed by atoms with van der Waals surface area (Å²) in [5.74, 6) is 0.598. The van der Waals surface area contributed by atoms with Gasteiger partial charge in [-0.3, -0.25) is 4.79 Å². The van der Waals surface area contributed by atoms with E-state index in [1.165, 1.54) is 5.56 Å². The highest BCUT2D eigenvalue weighted by molar-refractivity contribution is 5.79. The molecule has 0 saturated heterocycles. The molecule has 0 radical (unpaired) electrons. The van der Waals surface area contributed by atoms with E-state index in [1.54, 1.807) is 0 Å². The largest absolute Gasteiger partial charge is 0.483 e. The lowest BCUT2D eigenvalue weighted by Crippen LogP contribution is -2.42. The quantitative estimate of drug-likeness (QED) is 0.849. The van der Waals surface area contributed by atoms with E-state index >= 15 is 0 Å². The maximum absolute atomic E-state index is 11.8. The summed E-state index contributed by atoms with van der Waals surface area (Å²) in [7, 11) is 0. The van der Waals surface area contributed by atoms with Crippen molar-refractivity contribution < 1.29 is 14.6 Å². The van der Waals surface area contributed by atoms with Gasteiger partial charge in [0, 0.05) is 0 Å². The van der Waals surface area contributed by atoms with Gasteiger partial charge >= 0.3 is 0 Å². The molecule has 0 aliphatic heterocycles. The number of aliphatic hydroxyl groups excluding tert-OH is 1. The maximum Gasteiger partial charge on any atom is 0.258 e. The van der Waals surface area contributed by atoms with Crippen molar-refractivity contribution in [1.82, 2.24) is 5.32 Å². The van der Waals surface area contributed by atoms with Crippen LogP contribution in [0, 0.1) is 20.8 Å². The molecule has 1 aliphatic rings. The van der Waals surface area contributed by atoms with E-state index in [2.05, 4.69) is 5.32 Å². The Kier molecular flexibility index (Phi) is 3.80. The number of ether oxygens (including phenoxy) is 1. The van der Waals surface area contributed by atoms with Crippen molar-refractivity contribution in [2.45, 2.75) is 39.2 Å². The van der Waals surface area contributed by atoms with Crippen LogP contribution >= 0.6 is 0 Å². The zero-order valence-electron chi connectivity index (χ0n) is 11.7. The van der Waals surface area contributed by atoms with Crippen molar-refractivity contribution in [2.75, 3.05) is 13.2 Å². The van der Waals surface area contributed by atoms with Crippen molar-refractivity contribution in [3.8, 4) is 5.75 Å². The Labute approximate surface area is 113 Å². The molecule has 4 heteroatoms. The lowest BCUT2D eigenvalue weighted by atomic mass is 10.1. The minimum absolute atomic E-state index is 0.00132. The van der Waals surface area contributed by atoms with E-state index in [-0.39, 0.29) is 24.7 Å². The minimum atomic E-state index is -0.377. The molecule has 19 heavy (non-hydrogen) atoms. The highest BCUT2D eigenvalue weighted by Gasteiger charge is 2.43. The summed E-state index contributed by atoms with van der Waals surface area (Å²) in [6.07, 6.45) is 1.69.